The molecule has 1 saturated carbocycles. The molecule has 15 aromatic rings. The topological polar surface area (TPSA) is 325 Å². The van der Waals surface area contributed by atoms with Crippen molar-refractivity contribution in [3.8, 4) is 57.5 Å². The molecule has 608 valence electrons. The number of hydrogen-bond donors (Lipinski definition) is 0. The van der Waals surface area contributed by atoms with E-state index in [0.717, 1.165) is 23.2 Å². The molecule has 10 heterocycles. The quantitative estimate of drug-likeness (QED) is 0.0341. The van der Waals surface area contributed by atoms with Gasteiger partial charge in [0.25, 0.3) is 5.92 Å². The molecule has 1 aliphatic carbocycles. The van der Waals surface area contributed by atoms with E-state index in [1.54, 1.807) is 60.4 Å². The van der Waals surface area contributed by atoms with Gasteiger partial charge < -0.3 is 23.7 Å². The number of thiazole rings is 2. The molecule has 0 amide bonds. The Balaban J connectivity index is 0.000000139. The summed E-state index contributed by atoms with van der Waals surface area (Å²) in [7, 11) is 0. The van der Waals surface area contributed by atoms with Crippen LogP contribution < -0.4 is 23.7 Å². The number of alkyl halides is 2. The van der Waals surface area contributed by atoms with E-state index >= 15 is 0 Å². The fourth-order valence-corrected chi connectivity index (χ4v) is 12.9. The summed E-state index contributed by atoms with van der Waals surface area (Å²) in [5.74, 6) is -1.70. The van der Waals surface area contributed by atoms with E-state index in [0.29, 0.717) is 78.2 Å². The molecule has 0 aliphatic heterocycles. The Bertz CT molecular complexity index is 6040. The minimum absolute atomic E-state index is 0.0830. The molecule has 0 bridgehead atoms. The first-order valence-corrected chi connectivity index (χ1v) is 38.8. The van der Waals surface area contributed by atoms with Gasteiger partial charge in [-0.25, -0.2) is 81.8 Å². The summed E-state index contributed by atoms with van der Waals surface area (Å²) in [6, 6.07) is 32.7. The number of benzene rings is 5. The highest BCUT2D eigenvalue weighted by atomic mass is 35.5. The van der Waals surface area contributed by atoms with E-state index in [9.17, 15) is 45.9 Å². The first-order chi connectivity index (χ1) is 58.5. The molecular formula is C87H64Cl2F5N15O10S2. The van der Waals surface area contributed by atoms with Crippen LogP contribution in [0, 0.1) is 24.4 Å². The SMILES string of the molecule is CC(F)(F)c1ccnc(CC(=O)c2cc(Cl)cc(Oc3cncnc3)c2)c1.Cc1ccnc(CC(=O)c2cc(F)cc(Oc3cncnc3)c2)c1.O=C(Cc1ccccn1)c1cc(Cl)cc(Oc2cncnc2)c1.O=C(Cc1nc(C2CC2)cs1)c1cc(F)cc(Oc2cncnc2)c1.O=C(Cc1nccs1)c1cc(F)cc(Oc2cncnc2)c1. The van der Waals surface area contributed by atoms with Crippen LogP contribution >= 0.6 is 45.9 Å². The minimum atomic E-state index is -3.00. The fraction of sp³-hybridized carbons (Fsp3) is 0.126. The van der Waals surface area contributed by atoms with Crippen molar-refractivity contribution < 1.29 is 69.6 Å². The van der Waals surface area contributed by atoms with Crippen molar-refractivity contribution in [3.63, 3.8) is 0 Å². The summed E-state index contributed by atoms with van der Waals surface area (Å²) < 4.78 is 95.9. The first kappa shape index (κ1) is 86.1. The Labute approximate surface area is 704 Å². The van der Waals surface area contributed by atoms with Crippen LogP contribution in [0.1, 0.15) is 121 Å². The maximum Gasteiger partial charge on any atom is 0.270 e. The van der Waals surface area contributed by atoms with Gasteiger partial charge in [-0.05, 0) is 135 Å². The molecule has 0 unspecified atom stereocenters. The molecule has 1 fully saturated rings. The number of ether oxygens (including phenoxy) is 5. The fourth-order valence-electron chi connectivity index (χ4n) is 10.9. The molecule has 25 nitrogen and oxygen atoms in total. The number of halogens is 7. The molecule has 5 aromatic carbocycles. The van der Waals surface area contributed by atoms with Crippen molar-refractivity contribution in [2.24, 2.45) is 0 Å². The predicted molar refractivity (Wildman–Crippen MR) is 436 cm³/mol. The number of carbonyl (C=O) groups is 5. The Morgan fingerprint density at radius 3 is 1.12 bits per heavy atom. The van der Waals surface area contributed by atoms with Gasteiger partial charge >= 0.3 is 0 Å². The van der Waals surface area contributed by atoms with Crippen LogP contribution in [-0.2, 0) is 38.0 Å². The molecule has 10 aromatic heterocycles. The Morgan fingerprint density at radius 1 is 0.388 bits per heavy atom. The van der Waals surface area contributed by atoms with E-state index in [4.69, 9.17) is 46.9 Å². The third-order valence-electron chi connectivity index (χ3n) is 16.5. The number of rotatable bonds is 27. The second-order valence-electron chi connectivity index (χ2n) is 26.2. The summed E-state index contributed by atoms with van der Waals surface area (Å²) in [5, 5.41) is 5.97. The lowest BCUT2D eigenvalue weighted by molar-refractivity contribution is 0.0172. The molecule has 34 heteroatoms. The zero-order chi connectivity index (χ0) is 85.0. The van der Waals surface area contributed by atoms with Crippen LogP contribution in [0.15, 0.2) is 263 Å². The van der Waals surface area contributed by atoms with Crippen LogP contribution in [0.25, 0.3) is 0 Å². The summed E-state index contributed by atoms with van der Waals surface area (Å²) in [6.07, 6.45) is 30.6. The highest BCUT2D eigenvalue weighted by molar-refractivity contribution is 7.10. The zero-order valence-corrected chi connectivity index (χ0v) is 66.8. The summed E-state index contributed by atoms with van der Waals surface area (Å²) in [5.41, 5.74) is 4.96. The molecule has 121 heavy (non-hydrogen) atoms. The number of pyridine rings is 3. The molecule has 16 rings (SSSR count). The smallest absolute Gasteiger partial charge is 0.270 e. The average Bonchev–Trinajstić information content (AvgIpc) is 1.72. The Hall–Kier alpha value is -14.2. The lowest BCUT2D eigenvalue weighted by Gasteiger charge is -2.11. The Morgan fingerprint density at radius 2 is 0.752 bits per heavy atom. The van der Waals surface area contributed by atoms with Gasteiger partial charge in [-0.15, -0.1) is 22.7 Å². The average molecular weight is 1710 g/mol. The summed E-state index contributed by atoms with van der Waals surface area (Å²) in [6.45, 7) is 2.72. The van der Waals surface area contributed by atoms with Crippen LogP contribution in [0.5, 0.6) is 57.5 Å². The Kier molecular flexibility index (Phi) is 30.1. The largest absolute Gasteiger partial charge is 0.454 e. The van der Waals surface area contributed by atoms with Crippen LogP contribution in [-0.4, -0.2) is 104 Å². The van der Waals surface area contributed by atoms with E-state index in [1.807, 2.05) is 30.5 Å². The monoisotopic (exact) mass is 1710 g/mol. The predicted octanol–water partition coefficient (Wildman–Crippen LogP) is 19.6. The molecule has 0 atom stereocenters. The van der Waals surface area contributed by atoms with E-state index < -0.39 is 23.4 Å². The van der Waals surface area contributed by atoms with Gasteiger partial charge in [-0.1, -0.05) is 29.3 Å². The maximum atomic E-state index is 13.9. The van der Waals surface area contributed by atoms with E-state index in [-0.39, 0.29) is 112 Å². The van der Waals surface area contributed by atoms with Crippen LogP contribution in [0.2, 0.25) is 10.0 Å². The number of hydrogen-bond acceptors (Lipinski definition) is 27. The number of ketones is 5. The molecule has 0 saturated heterocycles. The number of aryl methyl sites for hydroxylation is 1. The number of Topliss-reactive ketones (excluding diaryl/α,β-unsaturated/α-hetero) is 5. The normalized spacial score (nSPS) is 11.2. The van der Waals surface area contributed by atoms with Crippen LogP contribution in [0.4, 0.5) is 22.0 Å². The first-order valence-electron chi connectivity index (χ1n) is 36.3. The van der Waals surface area contributed by atoms with Crippen LogP contribution in [0.3, 0.4) is 0 Å². The van der Waals surface area contributed by atoms with Crippen molar-refractivity contribution in [3.05, 3.63) is 362 Å². The number of aromatic nitrogens is 15. The molecule has 0 N–H and O–H groups in total. The van der Waals surface area contributed by atoms with Gasteiger partial charge in [0.15, 0.2) is 57.7 Å². The lowest BCUT2D eigenvalue weighted by atomic mass is 10.0. The van der Waals surface area contributed by atoms with Crippen molar-refractivity contribution in [1.82, 2.24) is 74.8 Å². The standard InChI is InChI=1S/C19H14ClF2N3O2.C18H14FN3O2S.C18H14FN3O2.C17H12ClN3O2.C15H10FN3O2S/c1-19(21,22)13-2-3-25-15(6-13)8-18(26)12-4-14(20)7-16(5-12)27-17-9-23-11-24-10-17;19-13-3-12(4-14(5-13)24-15-7-20-10-21-8-15)17(23)6-18-22-16(9-25-18)11-1-2-11;1-12-2-3-22-15(4-12)8-18(23)13-5-14(19)7-16(6-13)24-17-9-20-11-21-10-17;18-13-5-12(17(22)8-14-3-1-2-4-21-14)6-15(7-13)23-16-9-19-11-20-10-16;16-11-3-10(14(20)6-15-19-1-2-22-15)4-12(5-11)21-13-7-17-9-18-8-13/h2-7,9-11H,8H2,1H3;3-5,7-11H,1-2,6H2;2-7,9-11H,8H2,1H3;1-7,9-11H,8H2;1-5,7-9H,6H2. The van der Waals surface area contributed by atoms with Gasteiger partial charge in [0.1, 0.15) is 87.9 Å². The van der Waals surface area contributed by atoms with Gasteiger partial charge in [-0.3, -0.25) is 38.9 Å². The van der Waals surface area contributed by atoms with E-state index in [1.165, 1.54) is 214 Å². The van der Waals surface area contributed by atoms with Gasteiger partial charge in [0.05, 0.1) is 99.8 Å². The van der Waals surface area contributed by atoms with Crippen molar-refractivity contribution in [2.45, 2.75) is 70.6 Å². The number of carbonyl (C=O) groups excluding carboxylic acids is 5. The van der Waals surface area contributed by atoms with Crippen molar-refractivity contribution >= 4 is 74.8 Å². The molecular weight excluding hydrogens is 1650 g/mol. The third-order valence-corrected chi connectivity index (χ3v) is 18.6. The maximum absolute atomic E-state index is 13.9. The second-order valence-corrected chi connectivity index (χ2v) is 29.0. The van der Waals surface area contributed by atoms with Crippen molar-refractivity contribution in [2.75, 3.05) is 0 Å². The molecule has 1 aliphatic rings. The minimum Gasteiger partial charge on any atom is -0.454 e. The van der Waals surface area contributed by atoms with E-state index in [2.05, 4.69) is 74.8 Å². The second kappa shape index (κ2) is 42.3. The summed E-state index contributed by atoms with van der Waals surface area (Å²) >= 11 is 15.0. The lowest BCUT2D eigenvalue weighted by Crippen LogP contribution is -2.10. The van der Waals surface area contributed by atoms with Gasteiger partial charge in [0, 0.05) is 127 Å². The van der Waals surface area contributed by atoms with Crippen molar-refractivity contribution in [1.29, 1.82) is 0 Å². The van der Waals surface area contributed by atoms with Gasteiger partial charge in [-0.2, -0.15) is 0 Å². The highest BCUT2D eigenvalue weighted by Gasteiger charge is 2.28. The zero-order valence-electron chi connectivity index (χ0n) is 63.6. The third kappa shape index (κ3) is 27.7. The molecule has 0 spiro atoms. The molecule has 0 radical (unpaired) electrons. The highest BCUT2D eigenvalue weighted by Crippen LogP contribution is 2.41. The summed E-state index contributed by atoms with van der Waals surface area (Å²) in [4.78, 5) is 121. The van der Waals surface area contributed by atoms with Gasteiger partial charge in [0.2, 0.25) is 0 Å². The number of nitrogens with zero attached hydrogens (tertiary/aromatic N) is 15.